The van der Waals surface area contributed by atoms with Gasteiger partial charge in [-0.3, -0.25) is 4.79 Å². The topological polar surface area (TPSA) is 59.4 Å². The molecule has 1 saturated heterocycles. The summed E-state index contributed by atoms with van der Waals surface area (Å²) in [5.74, 6) is 0.734. The number of morpholine rings is 1. The van der Waals surface area contributed by atoms with Crippen molar-refractivity contribution >= 4 is 33.3 Å². The zero-order chi connectivity index (χ0) is 19.5. The van der Waals surface area contributed by atoms with E-state index in [1.54, 1.807) is 6.20 Å². The predicted octanol–water partition coefficient (Wildman–Crippen LogP) is 3.94. The third-order valence-electron chi connectivity index (χ3n) is 4.85. The number of carbonyl (C=O) groups is 1. The lowest BCUT2D eigenvalue weighted by Gasteiger charge is -2.27. The van der Waals surface area contributed by atoms with E-state index < -0.39 is 0 Å². The van der Waals surface area contributed by atoms with Crippen LogP contribution in [-0.4, -0.2) is 41.8 Å². The molecule has 4 rings (SSSR count). The van der Waals surface area contributed by atoms with Crippen LogP contribution >= 0.6 is 15.9 Å². The van der Waals surface area contributed by atoms with Crippen molar-refractivity contribution in [3.8, 4) is 11.3 Å². The molecule has 6 nitrogen and oxygen atoms in total. The molecule has 1 aromatic carbocycles. The first-order valence-corrected chi connectivity index (χ1v) is 9.93. The molecule has 0 bridgehead atoms. The van der Waals surface area contributed by atoms with Gasteiger partial charge in [0.25, 0.3) is 5.91 Å². The number of benzene rings is 1. The molecule has 0 atom stereocenters. The summed E-state index contributed by atoms with van der Waals surface area (Å²) in [6, 6.07) is 15.6. The summed E-state index contributed by atoms with van der Waals surface area (Å²) in [7, 11) is 1.89. The Kier molecular flexibility index (Phi) is 5.45. The third kappa shape index (κ3) is 3.81. The smallest absolute Gasteiger partial charge is 0.272 e. The molecule has 1 aliphatic heterocycles. The van der Waals surface area contributed by atoms with Crippen LogP contribution in [0.15, 0.2) is 59.2 Å². The van der Waals surface area contributed by atoms with Crippen molar-refractivity contribution < 1.29 is 9.53 Å². The summed E-state index contributed by atoms with van der Waals surface area (Å²) >= 11 is 3.57. The normalized spacial score (nSPS) is 14.1. The minimum Gasteiger partial charge on any atom is -0.378 e. The van der Waals surface area contributed by atoms with Crippen LogP contribution in [0, 0.1) is 0 Å². The fraction of sp³-hybridized carbons (Fsp3) is 0.238. The van der Waals surface area contributed by atoms with E-state index in [1.807, 2.05) is 60.1 Å². The van der Waals surface area contributed by atoms with Crippen LogP contribution in [0.4, 0.5) is 11.5 Å². The van der Waals surface area contributed by atoms with Crippen molar-refractivity contribution in [2.24, 2.45) is 7.05 Å². The van der Waals surface area contributed by atoms with Crippen molar-refractivity contribution in [1.29, 1.82) is 0 Å². The van der Waals surface area contributed by atoms with Gasteiger partial charge in [0.05, 0.1) is 25.1 Å². The molecule has 2 aromatic heterocycles. The standard InChI is InChI=1S/C21H21BrN4O2/c1-25-18(16-4-2-3-5-17(16)22)7-8-19(25)21(27)24-15-6-9-20(23-14-15)26-10-12-28-13-11-26/h2-9,14H,10-13H2,1H3,(H,24,27). The van der Waals surface area contributed by atoms with Gasteiger partial charge in [-0.05, 0) is 30.3 Å². The van der Waals surface area contributed by atoms with Crippen LogP contribution in [0.3, 0.4) is 0 Å². The number of carbonyl (C=O) groups excluding carboxylic acids is 1. The number of pyridine rings is 1. The van der Waals surface area contributed by atoms with Gasteiger partial charge in [0.2, 0.25) is 0 Å². The van der Waals surface area contributed by atoms with Gasteiger partial charge in [-0.25, -0.2) is 4.98 Å². The Balaban J connectivity index is 1.49. The van der Waals surface area contributed by atoms with Crippen LogP contribution in [0.5, 0.6) is 0 Å². The first-order valence-electron chi connectivity index (χ1n) is 9.14. The maximum Gasteiger partial charge on any atom is 0.272 e. The Labute approximate surface area is 172 Å². The maximum absolute atomic E-state index is 12.8. The van der Waals surface area contributed by atoms with Crippen molar-refractivity contribution in [2.75, 3.05) is 36.5 Å². The number of nitrogens with one attached hydrogen (secondary N) is 1. The van der Waals surface area contributed by atoms with E-state index in [4.69, 9.17) is 4.74 Å². The number of rotatable bonds is 4. The fourth-order valence-electron chi connectivity index (χ4n) is 3.31. The first kappa shape index (κ1) is 18.7. The number of nitrogens with zero attached hydrogens (tertiary/aromatic N) is 3. The Hall–Kier alpha value is -2.64. The number of amides is 1. The molecule has 1 N–H and O–H groups in total. The van der Waals surface area contributed by atoms with E-state index in [-0.39, 0.29) is 5.91 Å². The second-order valence-corrected chi connectivity index (χ2v) is 7.46. The highest BCUT2D eigenvalue weighted by atomic mass is 79.9. The molecule has 0 radical (unpaired) electrons. The van der Waals surface area contributed by atoms with Crippen molar-refractivity contribution in [3.63, 3.8) is 0 Å². The highest BCUT2D eigenvalue weighted by Crippen LogP contribution is 2.29. The lowest BCUT2D eigenvalue weighted by molar-refractivity contribution is 0.101. The second kappa shape index (κ2) is 8.16. The molecule has 1 aliphatic rings. The molecular weight excluding hydrogens is 420 g/mol. The summed E-state index contributed by atoms with van der Waals surface area (Å²) < 4.78 is 8.25. The van der Waals surface area contributed by atoms with Crippen LogP contribution in [0.2, 0.25) is 0 Å². The number of hydrogen-bond acceptors (Lipinski definition) is 4. The zero-order valence-electron chi connectivity index (χ0n) is 15.6. The Morgan fingerprint density at radius 2 is 1.89 bits per heavy atom. The summed E-state index contributed by atoms with van der Waals surface area (Å²) in [5, 5.41) is 2.93. The lowest BCUT2D eigenvalue weighted by Crippen LogP contribution is -2.36. The SMILES string of the molecule is Cn1c(C(=O)Nc2ccc(N3CCOCC3)nc2)ccc1-c1ccccc1Br. The molecule has 0 unspecified atom stereocenters. The molecular formula is C21H21BrN4O2. The summed E-state index contributed by atoms with van der Waals surface area (Å²) in [5.41, 5.74) is 3.27. The molecule has 0 spiro atoms. The Bertz CT molecular complexity index is 978. The predicted molar refractivity (Wildman–Crippen MR) is 114 cm³/mol. The number of halogens is 1. The first-order chi connectivity index (χ1) is 13.6. The average Bonchev–Trinajstić information content (AvgIpc) is 3.11. The van der Waals surface area contributed by atoms with Gasteiger partial charge in [-0.2, -0.15) is 0 Å². The molecule has 144 valence electrons. The van der Waals surface area contributed by atoms with Gasteiger partial charge < -0.3 is 19.5 Å². The number of aromatic nitrogens is 2. The second-order valence-electron chi connectivity index (χ2n) is 6.60. The average molecular weight is 441 g/mol. The van der Waals surface area contributed by atoms with Crippen molar-refractivity contribution in [1.82, 2.24) is 9.55 Å². The molecule has 0 aliphatic carbocycles. The lowest BCUT2D eigenvalue weighted by atomic mass is 10.1. The Morgan fingerprint density at radius 3 is 2.61 bits per heavy atom. The number of hydrogen-bond donors (Lipinski definition) is 1. The molecule has 1 amide bonds. The van der Waals surface area contributed by atoms with Gasteiger partial charge in [-0.15, -0.1) is 0 Å². The van der Waals surface area contributed by atoms with E-state index in [0.717, 1.165) is 34.6 Å². The molecule has 0 saturated carbocycles. The van der Waals surface area contributed by atoms with Crippen molar-refractivity contribution in [2.45, 2.75) is 0 Å². The van der Waals surface area contributed by atoms with Gasteiger partial charge in [-0.1, -0.05) is 34.1 Å². The largest absolute Gasteiger partial charge is 0.378 e. The van der Waals surface area contributed by atoms with Crippen LogP contribution in [-0.2, 0) is 11.8 Å². The van der Waals surface area contributed by atoms with Crippen LogP contribution < -0.4 is 10.2 Å². The minimum atomic E-state index is -0.165. The Morgan fingerprint density at radius 1 is 1.11 bits per heavy atom. The number of anilines is 2. The molecule has 28 heavy (non-hydrogen) atoms. The third-order valence-corrected chi connectivity index (χ3v) is 5.54. The molecule has 1 fully saturated rings. The van der Waals surface area contributed by atoms with E-state index in [1.165, 1.54) is 0 Å². The van der Waals surface area contributed by atoms with Gasteiger partial charge in [0, 0.05) is 35.9 Å². The highest BCUT2D eigenvalue weighted by molar-refractivity contribution is 9.10. The van der Waals surface area contributed by atoms with Crippen molar-refractivity contribution in [3.05, 3.63) is 64.9 Å². The van der Waals surface area contributed by atoms with E-state index >= 15 is 0 Å². The highest BCUT2D eigenvalue weighted by Gasteiger charge is 2.16. The molecule has 3 heterocycles. The maximum atomic E-state index is 12.8. The number of ether oxygens (including phenoxy) is 1. The van der Waals surface area contributed by atoms with E-state index in [2.05, 4.69) is 31.1 Å². The quantitative estimate of drug-likeness (QED) is 0.667. The molecule has 7 heteroatoms. The van der Waals surface area contributed by atoms with E-state index in [9.17, 15) is 4.79 Å². The molecule has 3 aromatic rings. The van der Waals surface area contributed by atoms with Crippen LogP contribution in [0.25, 0.3) is 11.3 Å². The van der Waals surface area contributed by atoms with Gasteiger partial charge in [0.15, 0.2) is 0 Å². The monoisotopic (exact) mass is 440 g/mol. The van der Waals surface area contributed by atoms with Gasteiger partial charge >= 0.3 is 0 Å². The van der Waals surface area contributed by atoms with E-state index in [0.29, 0.717) is 24.6 Å². The fourth-order valence-corrected chi connectivity index (χ4v) is 3.80. The summed E-state index contributed by atoms with van der Waals surface area (Å²) in [6.07, 6.45) is 1.69. The van der Waals surface area contributed by atoms with Gasteiger partial charge in [0.1, 0.15) is 11.5 Å². The minimum absolute atomic E-state index is 0.165. The summed E-state index contributed by atoms with van der Waals surface area (Å²) in [6.45, 7) is 3.10. The van der Waals surface area contributed by atoms with Crippen LogP contribution in [0.1, 0.15) is 10.5 Å². The zero-order valence-corrected chi connectivity index (χ0v) is 17.1. The summed E-state index contributed by atoms with van der Waals surface area (Å²) in [4.78, 5) is 19.4.